The fourth-order valence-corrected chi connectivity index (χ4v) is 4.85. The number of hydrogen-bond acceptors (Lipinski definition) is 8. The Morgan fingerprint density at radius 1 is 0.950 bits per heavy atom. The smallest absolute Gasteiger partial charge is 0.162 e. The normalized spacial score (nSPS) is 14.2. The molecule has 0 spiro atoms. The molecule has 3 aromatic carbocycles. The van der Waals surface area contributed by atoms with Gasteiger partial charge >= 0.3 is 0 Å². The molecule has 40 heavy (non-hydrogen) atoms. The summed E-state index contributed by atoms with van der Waals surface area (Å²) in [6.07, 6.45) is 6.48. The lowest BCUT2D eigenvalue weighted by Gasteiger charge is -2.26. The third-order valence-corrected chi connectivity index (χ3v) is 7.09. The number of anilines is 2. The fourth-order valence-electron chi connectivity index (χ4n) is 4.85. The Kier molecular flexibility index (Phi) is 9.42. The van der Waals surface area contributed by atoms with Crippen molar-refractivity contribution >= 4 is 28.1 Å². The Hall–Kier alpha value is -4.17. The molecule has 0 unspecified atom stereocenters. The number of nitrogens with zero attached hydrogens (tertiary/aromatic N) is 4. The minimum Gasteiger partial charge on any atom is -0.493 e. The predicted octanol–water partition coefficient (Wildman–Crippen LogP) is 6.58. The zero-order valence-corrected chi connectivity index (χ0v) is 23.3. The van der Waals surface area contributed by atoms with Gasteiger partial charge in [-0.3, -0.25) is 0 Å². The standard InChI is InChI=1S/C32H37N5O3/c1-24(36-40-22-25-10-5-3-6-11-25)26-12-14-27(15-13-26)35-32-28-20-31(30(38-2)21-29(28)33-23-34-32)39-19-9-18-37-16-7-4-8-17-37/h3,5-6,10-15,20-21,23H,4,7-9,16-19,22H2,1-2H3,(H,33,34,35)/b36-24-. The third-order valence-electron chi connectivity index (χ3n) is 7.09. The molecule has 0 bridgehead atoms. The fraction of sp³-hybridized carbons (Fsp3) is 0.344. The second-order valence-electron chi connectivity index (χ2n) is 9.98. The first-order valence-electron chi connectivity index (χ1n) is 14.0. The van der Waals surface area contributed by atoms with E-state index in [1.54, 1.807) is 13.4 Å². The van der Waals surface area contributed by atoms with Crippen LogP contribution in [0.4, 0.5) is 11.5 Å². The molecule has 0 amide bonds. The predicted molar refractivity (Wildman–Crippen MR) is 160 cm³/mol. The first-order chi connectivity index (χ1) is 19.7. The summed E-state index contributed by atoms with van der Waals surface area (Å²) in [6, 6.07) is 21.9. The van der Waals surface area contributed by atoms with E-state index in [4.69, 9.17) is 14.3 Å². The van der Waals surface area contributed by atoms with Gasteiger partial charge in [-0.1, -0.05) is 54.0 Å². The SMILES string of the molecule is COc1cc2ncnc(Nc3ccc(/C(C)=N\OCc4ccccc4)cc3)c2cc1OCCCN1CCCCC1. The summed E-state index contributed by atoms with van der Waals surface area (Å²) in [4.78, 5) is 17.0. The van der Waals surface area contributed by atoms with E-state index in [0.29, 0.717) is 30.5 Å². The molecule has 208 valence electrons. The molecule has 0 radical (unpaired) electrons. The van der Waals surface area contributed by atoms with Gasteiger partial charge in [0.2, 0.25) is 0 Å². The second-order valence-corrected chi connectivity index (χ2v) is 9.98. The first-order valence-corrected chi connectivity index (χ1v) is 14.0. The maximum atomic E-state index is 6.17. The molecule has 1 fully saturated rings. The van der Waals surface area contributed by atoms with Gasteiger partial charge in [-0.15, -0.1) is 0 Å². The molecule has 0 saturated carbocycles. The van der Waals surface area contributed by atoms with Crippen molar-refractivity contribution in [2.24, 2.45) is 5.16 Å². The van der Waals surface area contributed by atoms with Crippen LogP contribution in [-0.4, -0.2) is 53.9 Å². The Balaban J connectivity index is 1.23. The van der Waals surface area contributed by atoms with Crippen LogP contribution >= 0.6 is 0 Å². The van der Waals surface area contributed by atoms with Gasteiger partial charge in [0.1, 0.15) is 18.8 Å². The van der Waals surface area contributed by atoms with Crippen molar-refractivity contribution < 1.29 is 14.3 Å². The number of ether oxygens (including phenoxy) is 2. The zero-order valence-electron chi connectivity index (χ0n) is 23.3. The lowest BCUT2D eigenvalue weighted by Crippen LogP contribution is -2.31. The number of aromatic nitrogens is 2. The van der Waals surface area contributed by atoms with Gasteiger partial charge in [-0.05, 0) is 68.6 Å². The van der Waals surface area contributed by atoms with Crippen LogP contribution in [0, 0.1) is 0 Å². The van der Waals surface area contributed by atoms with Gasteiger partial charge < -0.3 is 24.5 Å². The minimum atomic E-state index is 0.438. The summed E-state index contributed by atoms with van der Waals surface area (Å²) in [5.74, 6) is 2.07. The summed E-state index contributed by atoms with van der Waals surface area (Å²) in [5.41, 5.74) is 4.56. The summed E-state index contributed by atoms with van der Waals surface area (Å²) in [6.45, 7) is 6.46. The number of methoxy groups -OCH3 is 1. The van der Waals surface area contributed by atoms with E-state index in [9.17, 15) is 0 Å². The van der Waals surface area contributed by atoms with Gasteiger partial charge in [-0.25, -0.2) is 9.97 Å². The van der Waals surface area contributed by atoms with Gasteiger partial charge in [0.25, 0.3) is 0 Å². The highest BCUT2D eigenvalue weighted by Crippen LogP contribution is 2.35. The molecule has 0 atom stereocenters. The Labute approximate surface area is 236 Å². The molecule has 8 nitrogen and oxygen atoms in total. The largest absolute Gasteiger partial charge is 0.493 e. The number of rotatable bonds is 12. The maximum Gasteiger partial charge on any atom is 0.162 e. The average molecular weight is 540 g/mol. The van der Waals surface area contributed by atoms with Crippen molar-refractivity contribution in [2.75, 3.05) is 38.7 Å². The van der Waals surface area contributed by atoms with Crippen LogP contribution in [0.2, 0.25) is 0 Å². The molecule has 5 rings (SSSR count). The van der Waals surface area contributed by atoms with E-state index in [1.807, 2.05) is 73.7 Å². The van der Waals surface area contributed by atoms with Crippen molar-refractivity contribution in [3.8, 4) is 11.5 Å². The molecule has 1 saturated heterocycles. The molecule has 1 aliphatic heterocycles. The van der Waals surface area contributed by atoms with E-state index in [0.717, 1.165) is 46.4 Å². The van der Waals surface area contributed by atoms with Crippen LogP contribution in [0.25, 0.3) is 10.9 Å². The molecule has 1 N–H and O–H groups in total. The van der Waals surface area contributed by atoms with Crippen LogP contribution in [0.5, 0.6) is 11.5 Å². The van der Waals surface area contributed by atoms with Crippen molar-refractivity contribution in [1.82, 2.24) is 14.9 Å². The number of piperidine rings is 1. The van der Waals surface area contributed by atoms with Crippen LogP contribution in [0.15, 0.2) is 78.2 Å². The summed E-state index contributed by atoms with van der Waals surface area (Å²) < 4.78 is 11.8. The van der Waals surface area contributed by atoms with Crippen molar-refractivity contribution in [3.63, 3.8) is 0 Å². The minimum absolute atomic E-state index is 0.438. The number of hydrogen-bond donors (Lipinski definition) is 1. The maximum absolute atomic E-state index is 6.17. The number of likely N-dealkylation sites (tertiary alicyclic amines) is 1. The summed E-state index contributed by atoms with van der Waals surface area (Å²) in [7, 11) is 1.65. The lowest BCUT2D eigenvalue weighted by molar-refractivity contribution is 0.130. The monoisotopic (exact) mass is 539 g/mol. The highest BCUT2D eigenvalue weighted by molar-refractivity contribution is 5.99. The second kappa shape index (κ2) is 13.8. The Morgan fingerprint density at radius 3 is 2.52 bits per heavy atom. The van der Waals surface area contributed by atoms with Crippen LogP contribution < -0.4 is 14.8 Å². The molecule has 8 heteroatoms. The van der Waals surface area contributed by atoms with Crippen LogP contribution in [-0.2, 0) is 11.4 Å². The van der Waals surface area contributed by atoms with Crippen LogP contribution in [0.1, 0.15) is 43.7 Å². The van der Waals surface area contributed by atoms with Crippen molar-refractivity contribution in [2.45, 2.75) is 39.2 Å². The van der Waals surface area contributed by atoms with Gasteiger partial charge in [0, 0.05) is 23.7 Å². The van der Waals surface area contributed by atoms with Gasteiger partial charge in [0.05, 0.1) is 24.9 Å². The Bertz CT molecular complexity index is 1400. The Morgan fingerprint density at radius 2 is 1.75 bits per heavy atom. The number of nitrogens with one attached hydrogen (secondary N) is 1. The lowest BCUT2D eigenvalue weighted by atomic mass is 10.1. The molecule has 4 aromatic rings. The molecular formula is C32H37N5O3. The summed E-state index contributed by atoms with van der Waals surface area (Å²) >= 11 is 0. The van der Waals surface area contributed by atoms with E-state index in [-0.39, 0.29) is 0 Å². The topological polar surface area (TPSA) is 81.1 Å². The molecule has 2 heterocycles. The van der Waals surface area contributed by atoms with E-state index in [1.165, 1.54) is 32.4 Å². The molecule has 1 aromatic heterocycles. The number of oxime groups is 1. The highest BCUT2D eigenvalue weighted by atomic mass is 16.6. The zero-order chi connectivity index (χ0) is 27.6. The van der Waals surface area contributed by atoms with Crippen molar-refractivity contribution in [3.05, 3.63) is 84.2 Å². The van der Waals surface area contributed by atoms with E-state index in [2.05, 4.69) is 25.3 Å². The van der Waals surface area contributed by atoms with E-state index >= 15 is 0 Å². The van der Waals surface area contributed by atoms with Gasteiger partial charge in [0.15, 0.2) is 11.5 Å². The van der Waals surface area contributed by atoms with Crippen molar-refractivity contribution in [1.29, 1.82) is 0 Å². The molecular weight excluding hydrogens is 502 g/mol. The van der Waals surface area contributed by atoms with Crippen LogP contribution in [0.3, 0.4) is 0 Å². The number of benzene rings is 3. The first kappa shape index (κ1) is 27.4. The third kappa shape index (κ3) is 7.27. The molecule has 1 aliphatic rings. The van der Waals surface area contributed by atoms with Gasteiger partial charge in [-0.2, -0.15) is 0 Å². The average Bonchev–Trinajstić information content (AvgIpc) is 3.00. The quantitative estimate of drug-likeness (QED) is 0.124. The summed E-state index contributed by atoms with van der Waals surface area (Å²) in [5, 5.41) is 8.57. The van der Waals surface area contributed by atoms with E-state index < -0.39 is 0 Å². The molecule has 0 aliphatic carbocycles. The highest BCUT2D eigenvalue weighted by Gasteiger charge is 2.13. The number of fused-ring (bicyclic) bond motifs is 1.